The normalized spacial score (nSPS) is 20.1. The Bertz CT molecular complexity index is 340. The average Bonchev–Trinajstić information content (AvgIpc) is 2.75. The van der Waals surface area contributed by atoms with Crippen LogP contribution in [0.25, 0.3) is 0 Å². The fourth-order valence-electron chi connectivity index (χ4n) is 3.94. The van der Waals surface area contributed by atoms with E-state index in [0.717, 1.165) is 32.4 Å². The molecule has 1 heterocycles. The monoisotopic (exact) mass is 298 g/mol. The predicted molar refractivity (Wildman–Crippen MR) is 87.3 cm³/mol. The first-order chi connectivity index (χ1) is 9.71. The van der Waals surface area contributed by atoms with Gasteiger partial charge in [-0.25, -0.2) is 0 Å². The molecule has 0 radical (unpaired) electrons. The summed E-state index contributed by atoms with van der Waals surface area (Å²) in [6.45, 7) is 11.5. The van der Waals surface area contributed by atoms with Gasteiger partial charge >= 0.3 is 0 Å². The van der Waals surface area contributed by atoms with Gasteiger partial charge in [-0.05, 0) is 43.7 Å². The molecule has 1 rings (SSSR count). The molecule has 0 aliphatic carbocycles. The van der Waals surface area contributed by atoms with Crippen LogP contribution in [0.3, 0.4) is 0 Å². The number of hydrogen-bond acceptors (Lipinski definition) is 3. The number of nitrogens with one attached hydrogen (secondary N) is 1. The lowest BCUT2D eigenvalue weighted by Crippen LogP contribution is -2.41. The number of likely N-dealkylation sites (tertiary alicyclic amines) is 1. The van der Waals surface area contributed by atoms with Crippen molar-refractivity contribution in [3.8, 4) is 0 Å². The van der Waals surface area contributed by atoms with Gasteiger partial charge in [0, 0.05) is 20.1 Å². The van der Waals surface area contributed by atoms with Crippen LogP contribution >= 0.6 is 0 Å². The van der Waals surface area contributed by atoms with Crippen molar-refractivity contribution in [1.82, 2.24) is 10.2 Å². The van der Waals surface area contributed by atoms with Crippen molar-refractivity contribution in [2.24, 2.45) is 10.8 Å². The van der Waals surface area contributed by atoms with Crippen molar-refractivity contribution in [2.45, 2.75) is 59.4 Å². The molecular formula is C17H34N2O2. The molecule has 1 aliphatic heterocycles. The topological polar surface area (TPSA) is 41.6 Å². The number of carbonyl (C=O) groups excluding carboxylic acids is 1. The summed E-state index contributed by atoms with van der Waals surface area (Å²) >= 11 is 0. The molecule has 1 saturated heterocycles. The number of hydrogen-bond donors (Lipinski definition) is 1. The Labute approximate surface area is 130 Å². The Morgan fingerprint density at radius 1 is 1.29 bits per heavy atom. The molecule has 4 nitrogen and oxygen atoms in total. The number of ether oxygens (including phenoxy) is 1. The zero-order valence-electron chi connectivity index (χ0n) is 14.8. The van der Waals surface area contributed by atoms with Gasteiger partial charge in [0.2, 0.25) is 5.91 Å². The molecule has 0 saturated carbocycles. The summed E-state index contributed by atoms with van der Waals surface area (Å²) in [5.41, 5.74) is 0.229. The molecule has 1 amide bonds. The third-order valence-corrected chi connectivity index (χ3v) is 4.30. The van der Waals surface area contributed by atoms with E-state index in [1.165, 1.54) is 0 Å². The van der Waals surface area contributed by atoms with Gasteiger partial charge in [-0.1, -0.05) is 27.7 Å². The number of carbonyl (C=O) groups is 1. The summed E-state index contributed by atoms with van der Waals surface area (Å²) in [6.07, 6.45) is 3.84. The van der Waals surface area contributed by atoms with Gasteiger partial charge in [0.05, 0.1) is 12.6 Å². The van der Waals surface area contributed by atoms with E-state index in [9.17, 15) is 4.79 Å². The average molecular weight is 298 g/mol. The first kappa shape index (κ1) is 18.4. The first-order valence-electron chi connectivity index (χ1n) is 8.14. The third-order valence-electron chi connectivity index (χ3n) is 4.30. The number of rotatable bonds is 8. The van der Waals surface area contributed by atoms with Crippen LogP contribution in [-0.2, 0) is 9.53 Å². The molecule has 0 bridgehead atoms. The van der Waals surface area contributed by atoms with Crippen LogP contribution < -0.4 is 5.32 Å². The standard InChI is InChI=1S/C17H34N2O2/c1-16(2,12-17(3,4)13-18-5)10-15(20)19-9-7-8-14(19)11-21-6/h14,18H,7-13H2,1-6H3. The Morgan fingerprint density at radius 2 is 1.95 bits per heavy atom. The van der Waals surface area contributed by atoms with Crippen LogP contribution in [0.5, 0.6) is 0 Å². The van der Waals surface area contributed by atoms with E-state index >= 15 is 0 Å². The molecule has 0 spiro atoms. The van der Waals surface area contributed by atoms with Crippen LogP contribution in [0.4, 0.5) is 0 Å². The van der Waals surface area contributed by atoms with Crippen molar-refractivity contribution in [3.63, 3.8) is 0 Å². The minimum Gasteiger partial charge on any atom is -0.383 e. The molecule has 1 aliphatic rings. The minimum atomic E-state index is 0.0254. The summed E-state index contributed by atoms with van der Waals surface area (Å²) in [5, 5.41) is 3.25. The van der Waals surface area contributed by atoms with E-state index in [4.69, 9.17) is 4.74 Å². The maximum Gasteiger partial charge on any atom is 0.223 e. The molecule has 21 heavy (non-hydrogen) atoms. The molecule has 4 heteroatoms. The lowest BCUT2D eigenvalue weighted by molar-refractivity contribution is -0.135. The van der Waals surface area contributed by atoms with E-state index in [2.05, 4.69) is 33.0 Å². The second-order valence-corrected chi connectivity index (χ2v) is 8.05. The SMILES string of the molecule is CNCC(C)(C)CC(C)(C)CC(=O)N1CCCC1COC. The van der Waals surface area contributed by atoms with Crippen LogP contribution in [0.1, 0.15) is 53.4 Å². The molecule has 0 aromatic rings. The maximum atomic E-state index is 12.6. The van der Waals surface area contributed by atoms with Gasteiger partial charge in [-0.2, -0.15) is 0 Å². The van der Waals surface area contributed by atoms with Crippen molar-refractivity contribution in [2.75, 3.05) is 33.9 Å². The molecule has 1 unspecified atom stereocenters. The predicted octanol–water partition coefficient (Wildman–Crippen LogP) is 2.68. The summed E-state index contributed by atoms with van der Waals surface area (Å²) in [7, 11) is 3.70. The highest BCUT2D eigenvalue weighted by molar-refractivity contribution is 5.77. The van der Waals surface area contributed by atoms with Crippen molar-refractivity contribution < 1.29 is 9.53 Å². The van der Waals surface area contributed by atoms with Crippen molar-refractivity contribution in [3.05, 3.63) is 0 Å². The van der Waals surface area contributed by atoms with Crippen LogP contribution in [0.15, 0.2) is 0 Å². The summed E-state index contributed by atoms with van der Waals surface area (Å²) in [6, 6.07) is 0.281. The molecule has 0 aromatic heterocycles. The van der Waals surface area contributed by atoms with E-state index < -0.39 is 0 Å². The zero-order valence-corrected chi connectivity index (χ0v) is 14.8. The van der Waals surface area contributed by atoms with Crippen LogP contribution in [0.2, 0.25) is 0 Å². The van der Waals surface area contributed by atoms with E-state index in [0.29, 0.717) is 18.9 Å². The summed E-state index contributed by atoms with van der Waals surface area (Å²) in [5.74, 6) is 0.291. The van der Waals surface area contributed by atoms with Gasteiger partial charge in [0.15, 0.2) is 0 Å². The van der Waals surface area contributed by atoms with E-state index in [-0.39, 0.29) is 16.9 Å². The first-order valence-corrected chi connectivity index (χ1v) is 8.14. The van der Waals surface area contributed by atoms with E-state index in [1.54, 1.807) is 7.11 Å². The van der Waals surface area contributed by atoms with Gasteiger partial charge in [0.25, 0.3) is 0 Å². The number of nitrogens with zero attached hydrogens (tertiary/aromatic N) is 1. The Kier molecular flexibility index (Phi) is 6.67. The van der Waals surface area contributed by atoms with Gasteiger partial charge < -0.3 is 15.0 Å². The second-order valence-electron chi connectivity index (χ2n) is 8.05. The maximum absolute atomic E-state index is 12.6. The highest BCUT2D eigenvalue weighted by Gasteiger charge is 2.35. The van der Waals surface area contributed by atoms with Crippen LogP contribution in [-0.4, -0.2) is 50.7 Å². The fourth-order valence-corrected chi connectivity index (χ4v) is 3.94. The van der Waals surface area contributed by atoms with Crippen LogP contribution in [0, 0.1) is 10.8 Å². The lowest BCUT2D eigenvalue weighted by atomic mass is 9.73. The smallest absolute Gasteiger partial charge is 0.223 e. The Balaban J connectivity index is 2.59. The van der Waals surface area contributed by atoms with Gasteiger partial charge in [0.1, 0.15) is 0 Å². The largest absolute Gasteiger partial charge is 0.383 e. The number of methoxy groups -OCH3 is 1. The lowest BCUT2D eigenvalue weighted by Gasteiger charge is -2.36. The highest BCUT2D eigenvalue weighted by Crippen LogP contribution is 2.37. The Hall–Kier alpha value is -0.610. The van der Waals surface area contributed by atoms with Gasteiger partial charge in [-0.15, -0.1) is 0 Å². The number of amides is 1. The summed E-state index contributed by atoms with van der Waals surface area (Å²) in [4.78, 5) is 14.7. The van der Waals surface area contributed by atoms with E-state index in [1.807, 2.05) is 11.9 Å². The van der Waals surface area contributed by atoms with Crippen molar-refractivity contribution in [1.29, 1.82) is 0 Å². The Morgan fingerprint density at radius 3 is 2.52 bits per heavy atom. The molecular weight excluding hydrogens is 264 g/mol. The molecule has 1 fully saturated rings. The third kappa shape index (κ3) is 5.95. The molecule has 1 N–H and O–H groups in total. The second kappa shape index (κ2) is 7.59. The minimum absolute atomic E-state index is 0.0254. The fraction of sp³-hybridized carbons (Fsp3) is 0.941. The van der Waals surface area contributed by atoms with Gasteiger partial charge in [-0.3, -0.25) is 4.79 Å². The zero-order chi connectivity index (χ0) is 16.1. The van der Waals surface area contributed by atoms with Crippen molar-refractivity contribution >= 4 is 5.91 Å². The molecule has 124 valence electrons. The quantitative estimate of drug-likeness (QED) is 0.749. The summed E-state index contributed by atoms with van der Waals surface area (Å²) < 4.78 is 5.25. The molecule has 0 aromatic carbocycles. The highest BCUT2D eigenvalue weighted by atomic mass is 16.5. The molecule has 1 atom stereocenters.